The molecule has 160 valence electrons. The Kier molecular flexibility index (Phi) is 5.89. The normalized spacial score (nSPS) is 12.9. The molecule has 4 rings (SSSR count). The van der Waals surface area contributed by atoms with Gasteiger partial charge in [-0.05, 0) is 47.6 Å². The molecule has 0 saturated carbocycles. The third-order valence-corrected chi connectivity index (χ3v) is 5.64. The maximum Gasteiger partial charge on any atom is 0.353 e. The Morgan fingerprint density at radius 2 is 1.77 bits per heavy atom. The van der Waals surface area contributed by atoms with E-state index in [4.69, 9.17) is 4.74 Å². The van der Waals surface area contributed by atoms with Gasteiger partial charge in [0.1, 0.15) is 5.75 Å². The Morgan fingerprint density at radius 3 is 2.42 bits per heavy atom. The third kappa shape index (κ3) is 3.74. The van der Waals surface area contributed by atoms with E-state index in [9.17, 15) is 14.1 Å². The lowest BCUT2D eigenvalue weighted by Gasteiger charge is -2.16. The summed E-state index contributed by atoms with van der Waals surface area (Å²) in [6.07, 6.45) is 1.68. The number of hydrogen-bond donors (Lipinski definition) is 0. The number of carbonyl (C=O) groups excluding carboxylic acids is 2. The SMILES string of the molecule is CCCc1c2c(c(OCC)c3ccccc13)C(=O)N(c1ccc(CC(=O)OF)cc1)C2. The molecule has 0 N–H and O–H groups in total. The molecule has 1 amide bonds. The van der Waals surface area contributed by atoms with Gasteiger partial charge in [-0.25, -0.2) is 4.79 Å². The molecule has 0 saturated heterocycles. The average Bonchev–Trinajstić information content (AvgIpc) is 3.13. The predicted octanol–water partition coefficient (Wildman–Crippen LogP) is 5.32. The van der Waals surface area contributed by atoms with Crippen LogP contribution in [0.25, 0.3) is 10.8 Å². The number of rotatable bonds is 7. The van der Waals surface area contributed by atoms with Gasteiger partial charge in [0, 0.05) is 15.6 Å². The Morgan fingerprint density at radius 1 is 1.06 bits per heavy atom. The highest BCUT2D eigenvalue weighted by Crippen LogP contribution is 2.42. The van der Waals surface area contributed by atoms with Crippen molar-refractivity contribution in [1.82, 2.24) is 0 Å². The molecule has 0 atom stereocenters. The summed E-state index contributed by atoms with van der Waals surface area (Å²) in [7, 11) is 0. The molecule has 31 heavy (non-hydrogen) atoms. The molecule has 0 fully saturated rings. The summed E-state index contributed by atoms with van der Waals surface area (Å²) in [6, 6.07) is 15.0. The van der Waals surface area contributed by atoms with Gasteiger partial charge >= 0.3 is 5.97 Å². The molecule has 0 bridgehead atoms. The predicted molar refractivity (Wildman–Crippen MR) is 117 cm³/mol. The molecular formula is C25H24FNO4. The van der Waals surface area contributed by atoms with Crippen molar-refractivity contribution >= 4 is 28.3 Å². The van der Waals surface area contributed by atoms with Crippen LogP contribution in [0.2, 0.25) is 0 Å². The Labute approximate surface area is 180 Å². The topological polar surface area (TPSA) is 55.8 Å². The van der Waals surface area contributed by atoms with Crippen molar-refractivity contribution in [2.45, 2.75) is 39.7 Å². The fourth-order valence-corrected chi connectivity index (χ4v) is 4.32. The van der Waals surface area contributed by atoms with E-state index >= 15 is 0 Å². The van der Waals surface area contributed by atoms with Crippen LogP contribution in [0.15, 0.2) is 48.5 Å². The Balaban J connectivity index is 1.79. The molecule has 1 aliphatic heterocycles. The number of amides is 1. The Hall–Kier alpha value is -3.41. The molecule has 6 heteroatoms. The van der Waals surface area contributed by atoms with Crippen LogP contribution in [-0.2, 0) is 29.1 Å². The van der Waals surface area contributed by atoms with Gasteiger partial charge in [0.2, 0.25) is 0 Å². The minimum absolute atomic E-state index is 0.0996. The van der Waals surface area contributed by atoms with Crippen LogP contribution in [-0.4, -0.2) is 18.5 Å². The lowest BCUT2D eigenvalue weighted by Crippen LogP contribution is -2.23. The first-order chi connectivity index (χ1) is 15.1. The number of carbonyl (C=O) groups is 2. The van der Waals surface area contributed by atoms with Gasteiger partial charge in [-0.1, -0.05) is 49.7 Å². The second-order valence-corrected chi connectivity index (χ2v) is 7.57. The number of anilines is 1. The van der Waals surface area contributed by atoms with Crippen LogP contribution in [0.4, 0.5) is 10.2 Å². The van der Waals surface area contributed by atoms with Crippen LogP contribution in [0.3, 0.4) is 0 Å². The van der Waals surface area contributed by atoms with Gasteiger partial charge in [-0.3, -0.25) is 9.74 Å². The van der Waals surface area contributed by atoms with Gasteiger partial charge in [-0.15, -0.1) is 0 Å². The van der Waals surface area contributed by atoms with Gasteiger partial charge in [0.05, 0.1) is 25.1 Å². The fraction of sp³-hybridized carbons (Fsp3) is 0.280. The highest BCUT2D eigenvalue weighted by Gasteiger charge is 2.35. The lowest BCUT2D eigenvalue weighted by atomic mass is 9.91. The molecule has 0 radical (unpaired) electrons. The van der Waals surface area contributed by atoms with Crippen LogP contribution >= 0.6 is 0 Å². The molecule has 0 spiro atoms. The highest BCUT2D eigenvalue weighted by atomic mass is 19.3. The monoisotopic (exact) mass is 421 g/mol. The number of nitrogens with zero attached hydrogens (tertiary/aromatic N) is 1. The van der Waals surface area contributed by atoms with Crippen molar-refractivity contribution in [3.05, 3.63) is 70.8 Å². The van der Waals surface area contributed by atoms with E-state index < -0.39 is 5.97 Å². The lowest BCUT2D eigenvalue weighted by molar-refractivity contribution is -0.182. The summed E-state index contributed by atoms with van der Waals surface area (Å²) in [6.45, 7) is 4.98. The number of ether oxygens (including phenoxy) is 1. The van der Waals surface area contributed by atoms with E-state index in [0.717, 1.165) is 29.2 Å². The second kappa shape index (κ2) is 8.76. The van der Waals surface area contributed by atoms with E-state index in [1.54, 1.807) is 29.2 Å². The van der Waals surface area contributed by atoms with Crippen molar-refractivity contribution in [2.75, 3.05) is 11.5 Å². The van der Waals surface area contributed by atoms with Crippen LogP contribution in [0.1, 0.15) is 47.3 Å². The summed E-state index contributed by atoms with van der Waals surface area (Å²) < 4.78 is 18.0. The first kappa shape index (κ1) is 20.8. The van der Waals surface area contributed by atoms with Crippen LogP contribution in [0, 0.1) is 0 Å². The van der Waals surface area contributed by atoms with Crippen LogP contribution < -0.4 is 9.64 Å². The summed E-state index contributed by atoms with van der Waals surface area (Å²) in [5.41, 5.74) is 4.17. The second-order valence-electron chi connectivity index (χ2n) is 7.57. The zero-order valence-electron chi connectivity index (χ0n) is 17.6. The van der Waals surface area contributed by atoms with E-state index in [1.807, 2.05) is 25.1 Å². The highest BCUT2D eigenvalue weighted by molar-refractivity contribution is 6.16. The summed E-state index contributed by atoms with van der Waals surface area (Å²) in [5, 5.41) is 2.09. The summed E-state index contributed by atoms with van der Waals surface area (Å²) in [4.78, 5) is 29.6. The first-order valence-corrected chi connectivity index (χ1v) is 10.5. The molecule has 1 heterocycles. The number of aryl methyl sites for hydroxylation is 1. The molecule has 3 aromatic carbocycles. The minimum Gasteiger partial charge on any atom is -0.492 e. The maximum absolute atomic E-state index is 13.5. The molecular weight excluding hydrogens is 397 g/mol. The van der Waals surface area contributed by atoms with E-state index in [0.29, 0.717) is 35.7 Å². The minimum atomic E-state index is -0.949. The van der Waals surface area contributed by atoms with Crippen molar-refractivity contribution in [2.24, 2.45) is 0 Å². The molecule has 1 aliphatic rings. The van der Waals surface area contributed by atoms with Gasteiger partial charge in [-0.2, -0.15) is 0 Å². The van der Waals surface area contributed by atoms with Gasteiger partial charge in [0.25, 0.3) is 5.91 Å². The zero-order chi connectivity index (χ0) is 22.0. The average molecular weight is 421 g/mol. The van der Waals surface area contributed by atoms with E-state index in [1.165, 1.54) is 5.56 Å². The van der Waals surface area contributed by atoms with Gasteiger partial charge in [0.15, 0.2) is 0 Å². The number of benzene rings is 3. The summed E-state index contributed by atoms with van der Waals surface area (Å²) in [5.74, 6) is -0.408. The fourth-order valence-electron chi connectivity index (χ4n) is 4.32. The first-order valence-electron chi connectivity index (χ1n) is 10.5. The number of hydrogen-bond acceptors (Lipinski definition) is 4. The standard InChI is InChI=1S/C25H24FNO4/c1-3-7-18-19-8-5-6-9-20(19)24(30-4-2)23-21(18)15-27(25(23)29)17-12-10-16(11-13-17)14-22(28)31-26/h5-6,8-13H,3-4,7,14-15H2,1-2H3. The van der Waals surface area contributed by atoms with E-state index in [-0.39, 0.29) is 12.3 Å². The molecule has 0 aliphatic carbocycles. The molecule has 0 aromatic heterocycles. The van der Waals surface area contributed by atoms with Gasteiger partial charge < -0.3 is 9.64 Å². The quantitative estimate of drug-likeness (QED) is 0.518. The molecule has 3 aromatic rings. The van der Waals surface area contributed by atoms with Crippen molar-refractivity contribution in [1.29, 1.82) is 0 Å². The maximum atomic E-state index is 13.5. The van der Waals surface area contributed by atoms with Crippen molar-refractivity contribution in [3.8, 4) is 5.75 Å². The largest absolute Gasteiger partial charge is 0.492 e. The Bertz CT molecular complexity index is 1140. The van der Waals surface area contributed by atoms with Crippen molar-refractivity contribution in [3.63, 3.8) is 0 Å². The third-order valence-electron chi connectivity index (χ3n) is 5.64. The molecule has 0 unspecified atom stereocenters. The number of fused-ring (bicyclic) bond motifs is 2. The van der Waals surface area contributed by atoms with Crippen LogP contribution in [0.5, 0.6) is 5.75 Å². The van der Waals surface area contributed by atoms with E-state index in [2.05, 4.69) is 17.9 Å². The van der Waals surface area contributed by atoms with Crippen molar-refractivity contribution < 1.29 is 23.8 Å². The zero-order valence-corrected chi connectivity index (χ0v) is 17.6. The number of halogens is 1. The molecule has 5 nitrogen and oxygen atoms in total. The smallest absolute Gasteiger partial charge is 0.353 e. The summed E-state index contributed by atoms with van der Waals surface area (Å²) >= 11 is 0.